The maximum absolute atomic E-state index is 12.7. The molecule has 2 fully saturated rings. The molecule has 2 heterocycles. The van der Waals surface area contributed by atoms with E-state index in [0.717, 1.165) is 12.8 Å². The van der Waals surface area contributed by atoms with Crippen LogP contribution in [0.15, 0.2) is 24.3 Å². The molecule has 1 aromatic carbocycles. The van der Waals surface area contributed by atoms with Crippen molar-refractivity contribution < 1.29 is 23.9 Å². The lowest BCUT2D eigenvalue weighted by atomic mass is 10.1. The number of amides is 2. The van der Waals surface area contributed by atoms with Gasteiger partial charge in [-0.2, -0.15) is 0 Å². The molecule has 0 saturated carbocycles. The minimum atomic E-state index is -0.566. The predicted molar refractivity (Wildman–Crippen MR) is 110 cm³/mol. The molecule has 1 N–H and O–H groups in total. The molecular formula is C19H22N2O5S2. The number of nitrogens with one attached hydrogen (secondary N) is 1. The Labute approximate surface area is 173 Å². The Hall–Kier alpha value is -1.97. The van der Waals surface area contributed by atoms with Crippen molar-refractivity contribution in [2.75, 3.05) is 25.1 Å². The molecule has 9 heteroatoms. The molecule has 28 heavy (non-hydrogen) atoms. The standard InChI is InChI=1S/C19H22N2O5S2/c1-2-25-18(24)13-7-3-4-8-14(13)20-16(22)10-15-17(23)21(19(27)28-15)11-12-6-5-9-26-12/h3-4,7-8,12,15H,2,5-6,9-11H2,1H3,(H,20,22)/t12-,15+/m1/s1. The molecule has 2 aliphatic heterocycles. The molecule has 150 valence electrons. The van der Waals surface area contributed by atoms with Gasteiger partial charge in [-0.1, -0.05) is 36.1 Å². The van der Waals surface area contributed by atoms with Crippen LogP contribution >= 0.6 is 24.0 Å². The third-order valence-corrected chi connectivity index (χ3v) is 6.07. The van der Waals surface area contributed by atoms with Crippen LogP contribution in [0.1, 0.15) is 36.5 Å². The van der Waals surface area contributed by atoms with Crippen LogP contribution < -0.4 is 5.32 Å². The van der Waals surface area contributed by atoms with Crippen molar-refractivity contribution in [2.45, 2.75) is 37.5 Å². The number of thiocarbonyl (C=S) groups is 1. The number of carbonyl (C=O) groups is 3. The van der Waals surface area contributed by atoms with E-state index in [2.05, 4.69) is 5.32 Å². The number of hydrogen-bond donors (Lipinski definition) is 1. The fraction of sp³-hybridized carbons (Fsp3) is 0.474. The molecule has 0 unspecified atom stereocenters. The molecule has 2 aliphatic rings. The summed E-state index contributed by atoms with van der Waals surface area (Å²) in [7, 11) is 0. The van der Waals surface area contributed by atoms with Crippen LogP contribution in [0, 0.1) is 0 Å². The summed E-state index contributed by atoms with van der Waals surface area (Å²) < 4.78 is 11.1. The van der Waals surface area contributed by atoms with Crippen molar-refractivity contribution in [3.05, 3.63) is 29.8 Å². The van der Waals surface area contributed by atoms with E-state index in [0.29, 0.717) is 23.2 Å². The van der Waals surface area contributed by atoms with Gasteiger partial charge in [-0.15, -0.1) is 0 Å². The molecule has 0 spiro atoms. The average Bonchev–Trinajstić information content (AvgIpc) is 3.27. The molecule has 1 aromatic rings. The van der Waals surface area contributed by atoms with E-state index in [-0.39, 0.29) is 36.5 Å². The first kappa shape index (κ1) is 20.8. The number of rotatable bonds is 7. The van der Waals surface area contributed by atoms with Crippen molar-refractivity contribution in [1.29, 1.82) is 0 Å². The van der Waals surface area contributed by atoms with E-state index in [9.17, 15) is 14.4 Å². The van der Waals surface area contributed by atoms with Gasteiger partial charge in [-0.25, -0.2) is 4.79 Å². The van der Waals surface area contributed by atoms with Crippen molar-refractivity contribution >= 4 is 51.8 Å². The Morgan fingerprint density at radius 3 is 2.89 bits per heavy atom. The Kier molecular flexibility index (Phi) is 7.03. The second-order valence-electron chi connectivity index (χ2n) is 6.47. The van der Waals surface area contributed by atoms with Gasteiger partial charge in [0, 0.05) is 13.0 Å². The number of para-hydroxylation sites is 1. The van der Waals surface area contributed by atoms with Gasteiger partial charge >= 0.3 is 5.97 Å². The molecule has 0 aromatic heterocycles. The third kappa shape index (κ3) is 4.89. The fourth-order valence-electron chi connectivity index (χ4n) is 3.13. The average molecular weight is 423 g/mol. The number of anilines is 1. The zero-order chi connectivity index (χ0) is 20.1. The third-order valence-electron chi connectivity index (χ3n) is 4.48. The first-order valence-electron chi connectivity index (χ1n) is 9.19. The molecule has 2 saturated heterocycles. The van der Waals surface area contributed by atoms with E-state index in [1.165, 1.54) is 11.8 Å². The number of nitrogens with zero attached hydrogens (tertiary/aromatic N) is 1. The molecule has 7 nitrogen and oxygen atoms in total. The fourth-order valence-corrected chi connectivity index (χ4v) is 4.64. The van der Waals surface area contributed by atoms with Crippen LogP contribution in [0.25, 0.3) is 0 Å². The largest absolute Gasteiger partial charge is 0.462 e. The number of carbonyl (C=O) groups excluding carboxylic acids is 3. The molecule has 0 aliphatic carbocycles. The summed E-state index contributed by atoms with van der Waals surface area (Å²) in [5, 5.41) is 2.14. The molecular weight excluding hydrogens is 400 g/mol. The van der Waals surface area contributed by atoms with E-state index in [1.807, 2.05) is 0 Å². The maximum atomic E-state index is 12.7. The van der Waals surface area contributed by atoms with Crippen LogP contribution in [-0.4, -0.2) is 58.1 Å². The normalized spacial score (nSPS) is 21.8. The summed E-state index contributed by atoms with van der Waals surface area (Å²) in [6.07, 6.45) is 1.88. The number of esters is 1. The smallest absolute Gasteiger partial charge is 0.340 e. The Morgan fingerprint density at radius 1 is 1.39 bits per heavy atom. The Morgan fingerprint density at radius 2 is 2.18 bits per heavy atom. The lowest BCUT2D eigenvalue weighted by molar-refractivity contribution is -0.129. The van der Waals surface area contributed by atoms with Crippen LogP contribution in [0.4, 0.5) is 5.69 Å². The van der Waals surface area contributed by atoms with Gasteiger partial charge in [0.05, 0.1) is 35.8 Å². The van der Waals surface area contributed by atoms with Crippen molar-refractivity contribution in [3.8, 4) is 0 Å². The Bertz CT molecular complexity index is 779. The summed E-state index contributed by atoms with van der Waals surface area (Å²) in [6, 6.07) is 6.62. The minimum absolute atomic E-state index is 0.00605. The Balaban J connectivity index is 1.60. The quantitative estimate of drug-likeness (QED) is 0.534. The van der Waals surface area contributed by atoms with Gasteiger partial charge < -0.3 is 14.8 Å². The van der Waals surface area contributed by atoms with Gasteiger partial charge in [-0.3, -0.25) is 14.5 Å². The predicted octanol–water partition coefficient (Wildman–Crippen LogP) is 2.60. The highest BCUT2D eigenvalue weighted by atomic mass is 32.2. The summed E-state index contributed by atoms with van der Waals surface area (Å²) in [6.45, 7) is 3.10. The highest BCUT2D eigenvalue weighted by Crippen LogP contribution is 2.31. The molecule has 0 radical (unpaired) electrons. The molecule has 0 bridgehead atoms. The topological polar surface area (TPSA) is 84.9 Å². The minimum Gasteiger partial charge on any atom is -0.462 e. The number of thioether (sulfide) groups is 1. The first-order chi connectivity index (χ1) is 13.5. The van der Waals surface area contributed by atoms with Gasteiger partial charge in [0.15, 0.2) is 0 Å². The van der Waals surface area contributed by atoms with Gasteiger partial charge in [0.1, 0.15) is 4.32 Å². The molecule has 3 rings (SSSR count). The van der Waals surface area contributed by atoms with Crippen LogP contribution in [-0.2, 0) is 19.1 Å². The molecule has 2 amide bonds. The number of benzene rings is 1. The SMILES string of the molecule is CCOC(=O)c1ccccc1NC(=O)C[C@@H]1SC(=S)N(C[C@H]2CCCO2)C1=O. The van der Waals surface area contributed by atoms with E-state index in [4.69, 9.17) is 21.7 Å². The van der Waals surface area contributed by atoms with Gasteiger partial charge in [0.2, 0.25) is 11.8 Å². The van der Waals surface area contributed by atoms with E-state index < -0.39 is 11.2 Å². The second-order valence-corrected chi connectivity index (χ2v) is 8.31. The van der Waals surface area contributed by atoms with E-state index >= 15 is 0 Å². The summed E-state index contributed by atoms with van der Waals surface area (Å²) in [5.74, 6) is -1.03. The summed E-state index contributed by atoms with van der Waals surface area (Å²) >= 11 is 6.54. The monoisotopic (exact) mass is 422 g/mol. The summed E-state index contributed by atoms with van der Waals surface area (Å²) in [5.41, 5.74) is 0.638. The van der Waals surface area contributed by atoms with E-state index in [1.54, 1.807) is 36.1 Å². The van der Waals surface area contributed by atoms with Crippen LogP contribution in [0.2, 0.25) is 0 Å². The first-order valence-corrected chi connectivity index (χ1v) is 10.5. The van der Waals surface area contributed by atoms with Crippen molar-refractivity contribution in [3.63, 3.8) is 0 Å². The highest BCUT2D eigenvalue weighted by Gasteiger charge is 2.39. The lowest BCUT2D eigenvalue weighted by Crippen LogP contribution is -2.38. The second kappa shape index (κ2) is 9.49. The number of hydrogen-bond acceptors (Lipinski definition) is 7. The molecule has 2 atom stereocenters. The van der Waals surface area contributed by atoms with Crippen molar-refractivity contribution in [2.24, 2.45) is 0 Å². The summed E-state index contributed by atoms with van der Waals surface area (Å²) in [4.78, 5) is 38.7. The maximum Gasteiger partial charge on any atom is 0.340 e. The van der Waals surface area contributed by atoms with Crippen molar-refractivity contribution in [1.82, 2.24) is 4.90 Å². The van der Waals surface area contributed by atoms with Gasteiger partial charge in [0.25, 0.3) is 0 Å². The van der Waals surface area contributed by atoms with Crippen LogP contribution in [0.5, 0.6) is 0 Å². The highest BCUT2D eigenvalue weighted by molar-refractivity contribution is 8.24. The van der Waals surface area contributed by atoms with Gasteiger partial charge in [-0.05, 0) is 31.9 Å². The van der Waals surface area contributed by atoms with Crippen LogP contribution in [0.3, 0.4) is 0 Å². The zero-order valence-electron chi connectivity index (χ0n) is 15.5. The zero-order valence-corrected chi connectivity index (χ0v) is 17.1. The number of ether oxygens (including phenoxy) is 2. The lowest BCUT2D eigenvalue weighted by Gasteiger charge is -2.19.